The Balaban J connectivity index is 1.99. The van der Waals surface area contributed by atoms with Gasteiger partial charge >= 0.3 is 5.97 Å². The largest absolute Gasteiger partial charge is 0.462 e. The molecule has 1 saturated heterocycles. The smallest absolute Gasteiger partial charge is 0.340 e. The highest BCUT2D eigenvalue weighted by Crippen LogP contribution is 2.41. The van der Waals surface area contributed by atoms with E-state index in [2.05, 4.69) is 18.7 Å². The van der Waals surface area contributed by atoms with Crippen molar-refractivity contribution in [3.05, 3.63) is 34.6 Å². The van der Waals surface area contributed by atoms with Gasteiger partial charge in [-0.2, -0.15) is 5.10 Å². The Morgan fingerprint density at radius 3 is 2.66 bits per heavy atom. The number of likely N-dealkylation sites (tertiary alicyclic amines) is 1. The second-order valence-electron chi connectivity index (χ2n) is 10.2. The van der Waals surface area contributed by atoms with Gasteiger partial charge in [0.2, 0.25) is 0 Å². The number of aliphatic hydroxyl groups is 1. The highest BCUT2D eigenvalue weighted by atomic mass is 16.5. The van der Waals surface area contributed by atoms with Crippen molar-refractivity contribution in [1.29, 1.82) is 0 Å². The van der Waals surface area contributed by atoms with Crippen LogP contribution in [0.1, 0.15) is 87.1 Å². The van der Waals surface area contributed by atoms with Gasteiger partial charge in [0.1, 0.15) is 0 Å². The lowest BCUT2D eigenvalue weighted by molar-refractivity contribution is 0.00607. The van der Waals surface area contributed by atoms with Crippen LogP contribution in [0.2, 0.25) is 0 Å². The fraction of sp³-hybridized carbons (Fsp3) is 0.692. The number of carbonyl (C=O) groups excluding carboxylic acids is 1. The molecule has 3 rings (SSSR count). The third-order valence-corrected chi connectivity index (χ3v) is 6.91. The number of piperidine rings is 1. The molecular weight excluding hydrogens is 402 g/mol. The van der Waals surface area contributed by atoms with Crippen LogP contribution < -0.4 is 0 Å². The van der Waals surface area contributed by atoms with Crippen molar-refractivity contribution >= 4 is 11.5 Å². The number of hydrogen-bond acceptors (Lipinski definition) is 5. The minimum absolute atomic E-state index is 0.265. The first-order chi connectivity index (χ1) is 15.1. The average Bonchev–Trinajstić information content (AvgIpc) is 2.98. The summed E-state index contributed by atoms with van der Waals surface area (Å²) in [7, 11) is 0. The van der Waals surface area contributed by atoms with Crippen LogP contribution in [0.3, 0.4) is 0 Å². The van der Waals surface area contributed by atoms with Gasteiger partial charge in [0.25, 0.3) is 0 Å². The summed E-state index contributed by atoms with van der Waals surface area (Å²) in [5, 5.41) is 15.1. The zero-order valence-electron chi connectivity index (χ0n) is 20.9. The SMILES string of the molecule is CCCC1CN(CC(C)(C)O)CCC1C(C)c1c(C)c(C(=O)OCC)c2ccc(C)nn12. The molecule has 0 amide bonds. The molecule has 2 aromatic rings. The predicted molar refractivity (Wildman–Crippen MR) is 128 cm³/mol. The van der Waals surface area contributed by atoms with Crippen LogP contribution in [0.5, 0.6) is 0 Å². The fourth-order valence-electron chi connectivity index (χ4n) is 5.72. The lowest BCUT2D eigenvalue weighted by Crippen LogP contribution is -2.47. The summed E-state index contributed by atoms with van der Waals surface area (Å²) in [6, 6.07) is 3.95. The molecule has 1 aliphatic heterocycles. The number of esters is 1. The van der Waals surface area contributed by atoms with Gasteiger partial charge in [-0.15, -0.1) is 0 Å². The number of carbonyl (C=O) groups is 1. The topological polar surface area (TPSA) is 67.1 Å². The van der Waals surface area contributed by atoms with E-state index < -0.39 is 5.60 Å². The van der Waals surface area contributed by atoms with Crippen LogP contribution in [-0.2, 0) is 4.74 Å². The average molecular weight is 444 g/mol. The summed E-state index contributed by atoms with van der Waals surface area (Å²) in [6.45, 7) is 17.2. The van der Waals surface area contributed by atoms with E-state index in [0.717, 1.165) is 54.8 Å². The van der Waals surface area contributed by atoms with Crippen molar-refractivity contribution < 1.29 is 14.6 Å². The van der Waals surface area contributed by atoms with Gasteiger partial charge in [0.05, 0.1) is 29.0 Å². The third-order valence-electron chi connectivity index (χ3n) is 6.91. The summed E-state index contributed by atoms with van der Waals surface area (Å²) >= 11 is 0. The Morgan fingerprint density at radius 1 is 1.31 bits per heavy atom. The molecule has 0 radical (unpaired) electrons. The number of aryl methyl sites for hydroxylation is 1. The van der Waals surface area contributed by atoms with E-state index in [4.69, 9.17) is 9.84 Å². The minimum Gasteiger partial charge on any atom is -0.462 e. The van der Waals surface area contributed by atoms with Crippen molar-refractivity contribution in [3.8, 4) is 0 Å². The zero-order chi connectivity index (χ0) is 23.6. The number of fused-ring (bicyclic) bond motifs is 1. The highest BCUT2D eigenvalue weighted by molar-refractivity contribution is 5.99. The Kier molecular flexibility index (Phi) is 7.66. The highest BCUT2D eigenvalue weighted by Gasteiger charge is 2.37. The Hall–Kier alpha value is -1.92. The van der Waals surface area contributed by atoms with Gasteiger partial charge in [-0.1, -0.05) is 20.3 Å². The lowest BCUT2D eigenvalue weighted by atomic mass is 9.73. The molecule has 6 heteroatoms. The predicted octanol–water partition coefficient (Wildman–Crippen LogP) is 4.74. The number of nitrogens with zero attached hydrogens (tertiary/aromatic N) is 3. The summed E-state index contributed by atoms with van der Waals surface area (Å²) in [4.78, 5) is 15.2. The number of β-amino-alcohol motifs (C(OH)–C–C–N with tert-alkyl or cyclic N) is 1. The molecule has 0 aliphatic carbocycles. The van der Waals surface area contributed by atoms with Crippen LogP contribution in [-0.4, -0.2) is 57.4 Å². The van der Waals surface area contributed by atoms with Crippen molar-refractivity contribution in [2.24, 2.45) is 11.8 Å². The molecule has 1 fully saturated rings. The van der Waals surface area contributed by atoms with Crippen molar-refractivity contribution in [3.63, 3.8) is 0 Å². The van der Waals surface area contributed by atoms with Gasteiger partial charge in [0.15, 0.2) is 0 Å². The van der Waals surface area contributed by atoms with E-state index in [1.165, 1.54) is 0 Å². The maximum atomic E-state index is 12.8. The number of ether oxygens (including phenoxy) is 1. The van der Waals surface area contributed by atoms with Crippen molar-refractivity contribution in [2.45, 2.75) is 79.2 Å². The first-order valence-electron chi connectivity index (χ1n) is 12.2. The molecule has 0 aromatic carbocycles. The summed E-state index contributed by atoms with van der Waals surface area (Å²) in [5.41, 5.74) is 3.85. The standard InChI is InChI=1S/C26H41N3O3/c1-8-10-20-15-28(16-26(6,7)31)14-13-21(20)18(4)24-19(5)23(25(30)32-9-2)22-12-11-17(3)27-29(22)24/h11-12,18,20-21,31H,8-10,13-16H2,1-7H3. The molecule has 0 bridgehead atoms. The van der Waals surface area contributed by atoms with E-state index in [-0.39, 0.29) is 11.9 Å². The molecule has 2 aromatic heterocycles. The minimum atomic E-state index is -0.681. The summed E-state index contributed by atoms with van der Waals surface area (Å²) in [5.74, 6) is 1.05. The van der Waals surface area contributed by atoms with E-state index >= 15 is 0 Å². The third kappa shape index (κ3) is 5.18. The lowest BCUT2D eigenvalue weighted by Gasteiger charge is -2.43. The normalized spacial score (nSPS) is 21.1. The van der Waals surface area contributed by atoms with Gasteiger partial charge in [-0.3, -0.25) is 0 Å². The molecule has 32 heavy (non-hydrogen) atoms. The maximum absolute atomic E-state index is 12.8. The van der Waals surface area contributed by atoms with Crippen molar-refractivity contribution in [2.75, 3.05) is 26.2 Å². The number of aromatic nitrogens is 2. The van der Waals surface area contributed by atoms with Crippen LogP contribution in [0.25, 0.3) is 5.52 Å². The van der Waals surface area contributed by atoms with Gasteiger partial charge < -0.3 is 14.7 Å². The molecule has 1 N–H and O–H groups in total. The molecule has 1 aliphatic rings. The molecular formula is C26H41N3O3. The van der Waals surface area contributed by atoms with E-state index in [1.807, 2.05) is 51.3 Å². The second-order valence-corrected chi connectivity index (χ2v) is 10.2. The van der Waals surface area contributed by atoms with E-state index in [0.29, 0.717) is 30.6 Å². The number of hydrogen-bond donors (Lipinski definition) is 1. The zero-order valence-corrected chi connectivity index (χ0v) is 20.9. The van der Waals surface area contributed by atoms with Gasteiger partial charge in [-0.25, -0.2) is 9.31 Å². The monoisotopic (exact) mass is 443 g/mol. The van der Waals surface area contributed by atoms with Crippen LogP contribution in [0.15, 0.2) is 12.1 Å². The molecule has 0 saturated carbocycles. The second kappa shape index (κ2) is 9.92. The van der Waals surface area contributed by atoms with Gasteiger partial charge in [-0.05, 0) is 83.5 Å². The quantitative estimate of drug-likeness (QED) is 0.597. The molecule has 0 spiro atoms. The summed E-state index contributed by atoms with van der Waals surface area (Å²) in [6.07, 6.45) is 3.38. The maximum Gasteiger partial charge on any atom is 0.340 e. The van der Waals surface area contributed by atoms with Crippen LogP contribution >= 0.6 is 0 Å². The first-order valence-corrected chi connectivity index (χ1v) is 12.2. The molecule has 3 heterocycles. The molecule has 3 atom stereocenters. The Labute approximate surface area is 192 Å². The molecule has 178 valence electrons. The summed E-state index contributed by atoms with van der Waals surface area (Å²) < 4.78 is 7.39. The van der Waals surface area contributed by atoms with Crippen LogP contribution in [0, 0.1) is 25.7 Å². The van der Waals surface area contributed by atoms with Crippen LogP contribution in [0.4, 0.5) is 0 Å². The molecule has 3 unspecified atom stereocenters. The van der Waals surface area contributed by atoms with E-state index in [9.17, 15) is 9.90 Å². The molecule has 6 nitrogen and oxygen atoms in total. The Morgan fingerprint density at radius 2 is 2.03 bits per heavy atom. The fourth-order valence-corrected chi connectivity index (χ4v) is 5.72. The van der Waals surface area contributed by atoms with Crippen molar-refractivity contribution in [1.82, 2.24) is 14.5 Å². The first kappa shape index (κ1) is 24.7. The number of rotatable bonds is 8. The Bertz CT molecular complexity index is 944. The van der Waals surface area contributed by atoms with Gasteiger partial charge in [0, 0.05) is 24.7 Å². The van der Waals surface area contributed by atoms with E-state index in [1.54, 1.807) is 0 Å².